The SMILES string of the molecule is CC[C@H]1OC(=O)[C@H](C)[C@@H](O[C@H]2C[C@@](C)(OC)[C@@H](O)[C@H](C)O2)[C@H](C)[C@@H](O[C@@H]2O[C@H](C)C[C@H](N(C)CCc3cn([C@H](CF)Cc4ccc([N+](=O)[O-])c(C(F)(F)F)c4)nn3)[C@H]2O)[C@](C)(O)C[C@@H](C)CN(C)[C@H](C)[C@@H](O)[C@]1(C)O. The van der Waals surface area contributed by atoms with Gasteiger partial charge < -0.3 is 63.8 Å². The van der Waals surface area contributed by atoms with Gasteiger partial charge in [0.15, 0.2) is 12.6 Å². The summed E-state index contributed by atoms with van der Waals surface area (Å²) in [6, 6.07) is 0.225. The molecule has 0 unspecified atom stereocenters. The highest BCUT2D eigenvalue weighted by atomic mass is 19.4. The zero-order chi connectivity index (χ0) is 56.3. The first-order valence-electron chi connectivity index (χ1n) is 25.9. The summed E-state index contributed by atoms with van der Waals surface area (Å²) in [5.41, 5.74) is -6.86. The summed E-state index contributed by atoms with van der Waals surface area (Å²) < 4.78 is 94.7. The molecule has 75 heavy (non-hydrogen) atoms. The second-order valence-electron chi connectivity index (χ2n) is 22.2. The normalized spacial score (nSPS) is 38.7. The molecule has 2 aromatic rings. The summed E-state index contributed by atoms with van der Waals surface area (Å²) in [7, 11) is 5.02. The molecule has 19 atom stereocenters. The van der Waals surface area contributed by atoms with Gasteiger partial charge >= 0.3 is 12.1 Å². The minimum Gasteiger partial charge on any atom is -0.459 e. The van der Waals surface area contributed by atoms with E-state index in [0.717, 1.165) is 12.1 Å². The van der Waals surface area contributed by atoms with Gasteiger partial charge in [0, 0.05) is 63.3 Å². The van der Waals surface area contributed by atoms with Gasteiger partial charge in [-0.1, -0.05) is 32.1 Å². The monoisotopic (exact) mass is 1080 g/mol. The van der Waals surface area contributed by atoms with Crippen LogP contribution in [0.3, 0.4) is 0 Å². The van der Waals surface area contributed by atoms with E-state index in [0.29, 0.717) is 24.7 Å². The number of aliphatic hydroxyl groups excluding tert-OH is 3. The molecule has 5 N–H and O–H groups in total. The van der Waals surface area contributed by atoms with Crippen LogP contribution in [-0.2, 0) is 52.2 Å². The second kappa shape index (κ2) is 25.1. The summed E-state index contributed by atoms with van der Waals surface area (Å²) in [6.45, 7) is 16.6. The number of alkyl halides is 4. The number of carbonyl (C=O) groups excluding carboxylic acids is 1. The third-order valence-corrected chi connectivity index (χ3v) is 16.0. The average Bonchev–Trinajstić information content (AvgIpc) is 3.81. The van der Waals surface area contributed by atoms with Crippen LogP contribution in [0.1, 0.15) is 118 Å². The van der Waals surface area contributed by atoms with Crippen LogP contribution in [0.5, 0.6) is 0 Å². The van der Waals surface area contributed by atoms with Crippen molar-refractivity contribution in [1.82, 2.24) is 24.8 Å². The van der Waals surface area contributed by atoms with Crippen LogP contribution in [0.15, 0.2) is 24.4 Å². The fraction of sp³-hybridized carbons (Fsp3) is 0.824. The van der Waals surface area contributed by atoms with E-state index in [-0.39, 0.29) is 50.1 Å². The van der Waals surface area contributed by atoms with Crippen LogP contribution in [0.2, 0.25) is 0 Å². The van der Waals surface area contributed by atoms with Gasteiger partial charge in [-0.3, -0.25) is 14.9 Å². The number of hydrogen-bond donors (Lipinski definition) is 5. The predicted octanol–water partition coefficient (Wildman–Crippen LogP) is 4.79. The predicted molar refractivity (Wildman–Crippen MR) is 264 cm³/mol. The lowest BCUT2D eigenvalue weighted by molar-refractivity contribution is -0.388. The van der Waals surface area contributed by atoms with E-state index < -0.39 is 143 Å². The van der Waals surface area contributed by atoms with Crippen molar-refractivity contribution in [2.24, 2.45) is 17.8 Å². The molecule has 5 rings (SSSR count). The maximum atomic E-state index is 14.5. The lowest BCUT2D eigenvalue weighted by atomic mass is 9.77. The van der Waals surface area contributed by atoms with Crippen molar-refractivity contribution in [1.29, 1.82) is 0 Å². The number of aromatic nitrogens is 3. The minimum atomic E-state index is -5.01. The quantitative estimate of drug-likeness (QED) is 0.0696. The Morgan fingerprint density at radius 2 is 1.69 bits per heavy atom. The Labute approximate surface area is 437 Å². The van der Waals surface area contributed by atoms with Gasteiger partial charge in [-0.2, -0.15) is 13.2 Å². The van der Waals surface area contributed by atoms with E-state index in [2.05, 4.69) is 10.3 Å². The number of benzene rings is 1. The third-order valence-electron chi connectivity index (χ3n) is 16.0. The molecular formula is C51H82F4N6O14. The minimum absolute atomic E-state index is 0.0152. The van der Waals surface area contributed by atoms with E-state index >= 15 is 0 Å². The van der Waals surface area contributed by atoms with Crippen LogP contribution in [0.4, 0.5) is 23.2 Å². The number of nitro benzene ring substituents is 1. The molecule has 0 aliphatic carbocycles. The highest BCUT2D eigenvalue weighted by Crippen LogP contribution is 2.41. The molecule has 0 amide bonds. The van der Waals surface area contributed by atoms with Crippen molar-refractivity contribution in [2.75, 3.05) is 41.0 Å². The summed E-state index contributed by atoms with van der Waals surface area (Å²) >= 11 is 0. The Morgan fingerprint density at radius 3 is 2.29 bits per heavy atom. The number of cyclic esters (lactones) is 1. The molecule has 0 radical (unpaired) electrons. The number of carbonyl (C=O) groups is 1. The van der Waals surface area contributed by atoms with Gasteiger partial charge in [0.05, 0.1) is 58.2 Å². The second-order valence-corrected chi connectivity index (χ2v) is 22.2. The highest BCUT2D eigenvalue weighted by molar-refractivity contribution is 5.73. The molecular weight excluding hydrogens is 997 g/mol. The van der Waals surface area contributed by atoms with Crippen molar-refractivity contribution in [3.05, 3.63) is 51.3 Å². The van der Waals surface area contributed by atoms with Crippen LogP contribution < -0.4 is 0 Å². The van der Waals surface area contributed by atoms with Crippen LogP contribution in [0.25, 0.3) is 0 Å². The summed E-state index contributed by atoms with van der Waals surface area (Å²) in [6.07, 6.45) is -13.8. The lowest BCUT2D eigenvalue weighted by Gasteiger charge is -2.49. The Morgan fingerprint density at radius 1 is 1.03 bits per heavy atom. The molecule has 1 aromatic heterocycles. The number of hydrogen-bond acceptors (Lipinski definition) is 18. The molecule has 0 spiro atoms. The number of nitro groups is 1. The fourth-order valence-electron chi connectivity index (χ4n) is 11.3. The number of halogens is 4. The number of aliphatic hydroxyl groups is 5. The first kappa shape index (κ1) is 62.3. The van der Waals surface area contributed by atoms with E-state index in [1.165, 1.54) is 24.9 Å². The number of likely N-dealkylation sites (N-methyl/N-ethyl adjacent to an activating group) is 2. The van der Waals surface area contributed by atoms with E-state index in [9.17, 15) is 58.0 Å². The van der Waals surface area contributed by atoms with Crippen LogP contribution >= 0.6 is 0 Å². The zero-order valence-corrected chi connectivity index (χ0v) is 45.5. The van der Waals surface area contributed by atoms with Crippen LogP contribution in [-0.4, -0.2) is 192 Å². The van der Waals surface area contributed by atoms with Gasteiger partial charge in [0.2, 0.25) is 0 Å². The summed E-state index contributed by atoms with van der Waals surface area (Å²) in [4.78, 5) is 28.4. The zero-order valence-electron chi connectivity index (χ0n) is 45.5. The lowest BCUT2D eigenvalue weighted by Crippen LogP contribution is -2.61. The Bertz CT molecular complexity index is 2190. The van der Waals surface area contributed by atoms with Crippen LogP contribution in [0, 0.1) is 27.9 Å². The number of methoxy groups -OCH3 is 1. The first-order valence-corrected chi connectivity index (χ1v) is 25.9. The number of esters is 1. The van der Waals surface area contributed by atoms with Gasteiger partial charge in [-0.05, 0) is 106 Å². The maximum absolute atomic E-state index is 14.5. The molecule has 20 nitrogen and oxygen atoms in total. The molecule has 24 heteroatoms. The number of ether oxygens (including phenoxy) is 6. The smallest absolute Gasteiger partial charge is 0.423 e. The molecule has 3 fully saturated rings. The van der Waals surface area contributed by atoms with Gasteiger partial charge in [0.1, 0.15) is 42.3 Å². The van der Waals surface area contributed by atoms with E-state index in [1.807, 2.05) is 23.6 Å². The third kappa shape index (κ3) is 14.6. The Kier molecular flexibility index (Phi) is 20.8. The van der Waals surface area contributed by atoms with Gasteiger partial charge in [-0.25, -0.2) is 9.07 Å². The maximum Gasteiger partial charge on any atom is 0.423 e. The first-order chi connectivity index (χ1) is 34.8. The Balaban J connectivity index is 1.43. The fourth-order valence-corrected chi connectivity index (χ4v) is 11.3. The van der Waals surface area contributed by atoms with Crippen molar-refractivity contribution in [3.63, 3.8) is 0 Å². The van der Waals surface area contributed by atoms with Crippen molar-refractivity contribution >= 4 is 11.7 Å². The van der Waals surface area contributed by atoms with Crippen molar-refractivity contribution in [2.45, 2.75) is 210 Å². The van der Waals surface area contributed by atoms with Gasteiger partial charge in [0.25, 0.3) is 5.69 Å². The highest BCUT2D eigenvalue weighted by Gasteiger charge is 2.53. The van der Waals surface area contributed by atoms with Crippen molar-refractivity contribution < 1.29 is 81.2 Å². The number of rotatable bonds is 15. The standard InChI is InChI=1S/C51H82F4N6O14/c1-14-39-50(10,67)43(63)31(6)59(12)25-27(2)22-48(8,66)45(29(4)42(30(5)46(65)73-39)74-40-23-49(9,70-13)44(64)32(7)72-40)75-47-41(62)38(19-28(3)71-47)58(11)18-17-34-26-60(57-56-34)35(24-52)20-33-15-16-37(61(68)69)36(21-33)51(53,54)55/h15-16,21,26-32,35,38-45,47,62-64,66-67H,14,17-20,22-25H2,1-13H3/t27-,28-,29+,30-,31-,32+,35+,38+,39-,40+,41-,42+,43-,44+,45-,47+,48-,49-,50-/m1/s1. The largest absolute Gasteiger partial charge is 0.459 e. The Hall–Kier alpha value is -3.53. The summed E-state index contributed by atoms with van der Waals surface area (Å²) in [5, 5.41) is 79.1. The average molecular weight is 1080 g/mol. The molecule has 3 aliphatic rings. The van der Waals surface area contributed by atoms with E-state index in [4.69, 9.17) is 28.4 Å². The number of nitrogens with zero attached hydrogens (tertiary/aromatic N) is 6. The topological polar surface area (TPSA) is 254 Å². The molecule has 3 aliphatic heterocycles. The molecule has 0 saturated carbocycles. The molecule has 428 valence electrons. The van der Waals surface area contributed by atoms with Gasteiger partial charge in [-0.15, -0.1) is 5.10 Å². The van der Waals surface area contributed by atoms with E-state index in [1.54, 1.807) is 62.6 Å². The molecule has 0 bridgehead atoms. The molecule has 4 heterocycles. The summed E-state index contributed by atoms with van der Waals surface area (Å²) in [5.74, 6) is -3.09. The molecule has 1 aromatic carbocycles. The molecule has 3 saturated heterocycles. The van der Waals surface area contributed by atoms with Crippen molar-refractivity contribution in [3.8, 4) is 0 Å².